The molecule has 0 saturated heterocycles. The van der Waals surface area contributed by atoms with E-state index in [1.807, 2.05) is 6.07 Å². The van der Waals surface area contributed by atoms with Crippen LogP contribution in [0.1, 0.15) is 5.56 Å². The van der Waals surface area contributed by atoms with Crippen LogP contribution in [0.25, 0.3) is 11.1 Å². The van der Waals surface area contributed by atoms with Gasteiger partial charge >= 0.3 is 0 Å². The minimum atomic E-state index is -0.868. The van der Waals surface area contributed by atoms with Crippen LogP contribution < -0.4 is 10.6 Å². The van der Waals surface area contributed by atoms with E-state index in [0.717, 1.165) is 18.2 Å². The van der Waals surface area contributed by atoms with Crippen LogP contribution in [0.3, 0.4) is 0 Å². The van der Waals surface area contributed by atoms with Crippen LogP contribution in [-0.2, 0) is 0 Å². The quantitative estimate of drug-likeness (QED) is 0.427. The van der Waals surface area contributed by atoms with Gasteiger partial charge in [0.25, 0.3) is 0 Å². The lowest BCUT2D eigenvalue weighted by molar-refractivity contribution is 0.583. The summed E-state index contributed by atoms with van der Waals surface area (Å²) in [6, 6.07) is 14.8. The molecule has 2 aromatic heterocycles. The molecule has 0 amide bonds. The molecule has 4 aromatic rings. The van der Waals surface area contributed by atoms with Crippen LogP contribution in [0.4, 0.5) is 36.3 Å². The van der Waals surface area contributed by atoms with Gasteiger partial charge in [0.05, 0.1) is 11.6 Å². The van der Waals surface area contributed by atoms with Gasteiger partial charge in [-0.2, -0.15) is 14.6 Å². The van der Waals surface area contributed by atoms with Crippen molar-refractivity contribution in [3.05, 3.63) is 90.1 Å². The monoisotopic (exact) mass is 418 g/mol. The molecule has 2 heterocycles. The zero-order valence-corrected chi connectivity index (χ0v) is 15.8. The maximum Gasteiger partial charge on any atom is 0.229 e. The van der Waals surface area contributed by atoms with E-state index in [-0.39, 0.29) is 17.3 Å². The minimum Gasteiger partial charge on any atom is -0.335 e. The molecule has 2 aromatic carbocycles. The van der Waals surface area contributed by atoms with Crippen LogP contribution >= 0.6 is 0 Å². The Morgan fingerprint density at radius 2 is 1.48 bits per heavy atom. The second-order valence-corrected chi connectivity index (χ2v) is 6.39. The Hall–Kier alpha value is -4.45. The number of benzene rings is 2. The first-order chi connectivity index (χ1) is 15.0. The number of hydrogen-bond donors (Lipinski definition) is 2. The normalized spacial score (nSPS) is 10.4. The van der Waals surface area contributed by atoms with Crippen molar-refractivity contribution in [2.75, 3.05) is 10.6 Å². The molecule has 0 atom stereocenters. The summed E-state index contributed by atoms with van der Waals surface area (Å²) in [4.78, 5) is 11.7. The molecule has 0 radical (unpaired) electrons. The molecule has 0 saturated carbocycles. The van der Waals surface area contributed by atoms with E-state index in [1.54, 1.807) is 24.3 Å². The Labute approximate surface area is 175 Å². The molecule has 6 nitrogen and oxygen atoms in total. The predicted octanol–water partition coefficient (Wildman–Crippen LogP) is 5.31. The van der Waals surface area contributed by atoms with Gasteiger partial charge < -0.3 is 10.6 Å². The van der Waals surface area contributed by atoms with Crippen molar-refractivity contribution in [2.24, 2.45) is 0 Å². The highest BCUT2D eigenvalue weighted by atomic mass is 19.1. The van der Waals surface area contributed by atoms with Crippen molar-refractivity contribution < 1.29 is 13.2 Å². The van der Waals surface area contributed by atoms with E-state index in [2.05, 4.69) is 25.6 Å². The zero-order chi connectivity index (χ0) is 21.8. The van der Waals surface area contributed by atoms with Crippen LogP contribution in [0, 0.1) is 28.9 Å². The van der Waals surface area contributed by atoms with Gasteiger partial charge in [0.15, 0.2) is 0 Å². The van der Waals surface area contributed by atoms with E-state index in [0.29, 0.717) is 16.8 Å². The van der Waals surface area contributed by atoms with Crippen molar-refractivity contribution in [3.63, 3.8) is 0 Å². The molecule has 0 unspecified atom stereocenters. The zero-order valence-electron chi connectivity index (χ0n) is 15.8. The van der Waals surface area contributed by atoms with Gasteiger partial charge in [-0.15, -0.1) is 0 Å². The predicted molar refractivity (Wildman–Crippen MR) is 109 cm³/mol. The van der Waals surface area contributed by atoms with Crippen molar-refractivity contribution >= 4 is 23.1 Å². The van der Waals surface area contributed by atoms with E-state index < -0.39 is 23.3 Å². The number of hydrogen-bond acceptors (Lipinski definition) is 6. The fourth-order valence-corrected chi connectivity index (χ4v) is 2.82. The Morgan fingerprint density at radius 1 is 0.774 bits per heavy atom. The summed E-state index contributed by atoms with van der Waals surface area (Å²) in [5, 5.41) is 14.4. The number of nitrogens with one attached hydrogen (secondary N) is 2. The highest BCUT2D eigenvalue weighted by Crippen LogP contribution is 2.29. The number of pyridine rings is 1. The van der Waals surface area contributed by atoms with Crippen molar-refractivity contribution in [1.29, 1.82) is 5.26 Å². The maximum absolute atomic E-state index is 14.6. The number of nitrogens with zero attached hydrogens (tertiary/aromatic N) is 4. The van der Waals surface area contributed by atoms with E-state index >= 15 is 0 Å². The smallest absolute Gasteiger partial charge is 0.229 e. The van der Waals surface area contributed by atoms with Crippen molar-refractivity contribution in [2.45, 2.75) is 0 Å². The summed E-state index contributed by atoms with van der Waals surface area (Å²) in [6.07, 6.45) is 2.64. The van der Waals surface area contributed by atoms with Crippen LogP contribution in [-0.4, -0.2) is 15.0 Å². The summed E-state index contributed by atoms with van der Waals surface area (Å²) >= 11 is 0. The van der Waals surface area contributed by atoms with Gasteiger partial charge in [-0.3, -0.25) is 0 Å². The highest BCUT2D eigenvalue weighted by Gasteiger charge is 2.14. The second-order valence-electron chi connectivity index (χ2n) is 6.39. The van der Waals surface area contributed by atoms with Gasteiger partial charge in [-0.1, -0.05) is 0 Å². The number of nitriles is 1. The molecule has 4 rings (SSSR count). The van der Waals surface area contributed by atoms with Gasteiger partial charge in [0.2, 0.25) is 11.9 Å². The average Bonchev–Trinajstić information content (AvgIpc) is 2.77. The van der Waals surface area contributed by atoms with Gasteiger partial charge in [-0.25, -0.2) is 18.7 Å². The van der Waals surface area contributed by atoms with Crippen LogP contribution in [0.5, 0.6) is 0 Å². The molecule has 0 aliphatic heterocycles. The molecular weight excluding hydrogens is 405 g/mol. The van der Waals surface area contributed by atoms with E-state index in [4.69, 9.17) is 5.26 Å². The Balaban J connectivity index is 1.56. The van der Waals surface area contributed by atoms with Crippen LogP contribution in [0.15, 0.2) is 67.0 Å². The third-order valence-electron chi connectivity index (χ3n) is 4.28. The first kappa shape index (κ1) is 19.8. The largest absolute Gasteiger partial charge is 0.335 e. The summed E-state index contributed by atoms with van der Waals surface area (Å²) < 4.78 is 42.5. The molecule has 2 N–H and O–H groups in total. The Morgan fingerprint density at radius 3 is 2.16 bits per heavy atom. The standard InChI is InChI=1S/C22H13F3N6/c23-17-9-15(14-5-7-27-19(25)11-14)10-18(24)21(17)30-20-6-8-28-22(31-20)29-16-3-1-13(12-26)2-4-16/h1-11H,(H2,28,29,30,31). The molecule has 152 valence electrons. The number of halogens is 3. The van der Waals surface area contributed by atoms with Crippen molar-refractivity contribution in [3.8, 4) is 17.2 Å². The lowest BCUT2D eigenvalue weighted by Gasteiger charge is -2.11. The summed E-state index contributed by atoms with van der Waals surface area (Å²) in [5.41, 5.74) is 1.22. The third kappa shape index (κ3) is 4.59. The first-order valence-electron chi connectivity index (χ1n) is 9.00. The molecule has 0 fully saturated rings. The lowest BCUT2D eigenvalue weighted by Crippen LogP contribution is -2.03. The number of aromatic nitrogens is 3. The lowest BCUT2D eigenvalue weighted by atomic mass is 10.1. The third-order valence-corrected chi connectivity index (χ3v) is 4.28. The van der Waals surface area contributed by atoms with Gasteiger partial charge in [-0.05, 0) is 59.7 Å². The fourth-order valence-electron chi connectivity index (χ4n) is 2.82. The SMILES string of the molecule is N#Cc1ccc(Nc2nccc(Nc3c(F)cc(-c4ccnc(F)c4)cc3F)n2)cc1. The molecule has 31 heavy (non-hydrogen) atoms. The first-order valence-corrected chi connectivity index (χ1v) is 9.00. The second kappa shape index (κ2) is 8.51. The van der Waals surface area contributed by atoms with Crippen molar-refractivity contribution in [1.82, 2.24) is 15.0 Å². The Bertz CT molecular complexity index is 1260. The topological polar surface area (TPSA) is 86.5 Å². The molecular formula is C22H13F3N6. The Kier molecular flexibility index (Phi) is 5.45. The summed E-state index contributed by atoms with van der Waals surface area (Å²) in [6.45, 7) is 0. The molecule has 0 bridgehead atoms. The number of rotatable bonds is 5. The van der Waals surface area contributed by atoms with E-state index in [1.165, 1.54) is 24.5 Å². The molecule has 0 spiro atoms. The molecule has 9 heteroatoms. The molecule has 0 aliphatic rings. The summed E-state index contributed by atoms with van der Waals surface area (Å²) in [5.74, 6) is -2.13. The van der Waals surface area contributed by atoms with Crippen LogP contribution in [0.2, 0.25) is 0 Å². The van der Waals surface area contributed by atoms with Gasteiger partial charge in [0, 0.05) is 24.1 Å². The molecule has 0 aliphatic carbocycles. The van der Waals surface area contributed by atoms with Gasteiger partial charge in [0.1, 0.15) is 23.1 Å². The average molecular weight is 418 g/mol. The summed E-state index contributed by atoms with van der Waals surface area (Å²) in [7, 11) is 0. The minimum absolute atomic E-state index is 0.159. The highest BCUT2D eigenvalue weighted by molar-refractivity contribution is 5.69. The fraction of sp³-hybridized carbons (Fsp3) is 0. The number of anilines is 4. The maximum atomic E-state index is 14.6. The van der Waals surface area contributed by atoms with E-state index in [9.17, 15) is 13.2 Å².